The molecule has 0 nitrogen and oxygen atoms in total. The highest BCUT2D eigenvalue weighted by molar-refractivity contribution is 8.34. The average molecular weight is 242 g/mol. The van der Waals surface area contributed by atoms with Crippen LogP contribution in [0.5, 0.6) is 0 Å². The molecule has 0 N–H and O–H groups in total. The van der Waals surface area contributed by atoms with Crippen molar-refractivity contribution in [3.63, 3.8) is 0 Å². The smallest absolute Gasteiger partial charge is 0.122 e. The highest BCUT2D eigenvalue weighted by Gasteiger charge is 2.27. The van der Waals surface area contributed by atoms with Crippen LogP contribution in [-0.4, -0.2) is 6.82 Å². The van der Waals surface area contributed by atoms with Crippen LogP contribution >= 0.6 is 62.3 Å². The fourth-order valence-electron chi connectivity index (χ4n) is 0.304. The molecular formula is C6H10S5. The molecule has 0 spiro atoms. The van der Waals surface area contributed by atoms with Gasteiger partial charge in [0.25, 0.3) is 0 Å². The van der Waals surface area contributed by atoms with E-state index in [0.29, 0.717) is 0 Å². The van der Waals surface area contributed by atoms with E-state index in [2.05, 4.69) is 63.7 Å². The predicted octanol–water partition coefficient (Wildman–Crippen LogP) is 3.12. The summed E-state index contributed by atoms with van der Waals surface area (Å²) in [6.45, 7) is 7.15. The lowest BCUT2D eigenvalue weighted by molar-refractivity contribution is 1.51. The van der Waals surface area contributed by atoms with Gasteiger partial charge >= 0.3 is 0 Å². The van der Waals surface area contributed by atoms with Gasteiger partial charge in [-0.1, -0.05) is 23.9 Å². The molecule has 0 aromatic rings. The summed E-state index contributed by atoms with van der Waals surface area (Å²) in [5, 5.41) is 0. The minimum absolute atomic E-state index is 0.627. The van der Waals surface area contributed by atoms with E-state index in [-0.39, 0.29) is 0 Å². The molecule has 0 amide bonds. The molecule has 0 radical (unpaired) electrons. The third-order valence-corrected chi connectivity index (χ3v) is 3.59. The summed E-state index contributed by atoms with van der Waals surface area (Å²) in [5.74, 6) is 0. The molecule has 64 valence electrons. The lowest BCUT2D eigenvalue weighted by Gasteiger charge is -2.26. The van der Waals surface area contributed by atoms with Gasteiger partial charge in [0, 0.05) is 0 Å². The number of thioether (sulfide) groups is 1. The molecule has 0 rings (SSSR count). The first-order valence-electron chi connectivity index (χ1n) is 2.70. The summed E-state index contributed by atoms with van der Waals surface area (Å²) in [6, 6.07) is 0. The lowest BCUT2D eigenvalue weighted by Crippen LogP contribution is -2.13. The van der Waals surface area contributed by atoms with Gasteiger partial charge < -0.3 is 0 Å². The van der Waals surface area contributed by atoms with Crippen LogP contribution in [0.15, 0.2) is 25.3 Å². The fraction of sp³-hybridized carbons (Fsp3) is 0.333. The first-order chi connectivity index (χ1) is 4.83. The third-order valence-electron chi connectivity index (χ3n) is 0.832. The molecule has 0 atom stereocenters. The van der Waals surface area contributed by atoms with E-state index >= 15 is 0 Å². The number of hydrogen-bond donors (Lipinski definition) is 4. The zero-order valence-corrected chi connectivity index (χ0v) is 10.2. The Balaban J connectivity index is 4.23. The molecule has 0 saturated heterocycles. The maximum atomic E-state index is 4.20. The second kappa shape index (κ2) is 4.46. The SMILES string of the molecule is C=CC(S)(S)SC(S)(S)C=C. The Labute approximate surface area is 93.9 Å². The van der Waals surface area contributed by atoms with E-state index in [9.17, 15) is 0 Å². The van der Waals surface area contributed by atoms with Gasteiger partial charge in [-0.2, -0.15) is 0 Å². The summed E-state index contributed by atoms with van der Waals surface area (Å²) < 4.78 is -1.25. The van der Waals surface area contributed by atoms with Crippen LogP contribution in [0.1, 0.15) is 0 Å². The van der Waals surface area contributed by atoms with Gasteiger partial charge in [0.05, 0.1) is 0 Å². The number of rotatable bonds is 4. The Kier molecular flexibility index (Phi) is 4.96. The Hall–Kier alpha value is 1.23. The number of thiol groups is 4. The molecule has 0 heterocycles. The molecule has 0 aliphatic heterocycles. The fourth-order valence-corrected chi connectivity index (χ4v) is 3.51. The van der Waals surface area contributed by atoms with Gasteiger partial charge in [-0.15, -0.1) is 63.7 Å². The summed E-state index contributed by atoms with van der Waals surface area (Å²) in [6.07, 6.45) is 3.21. The van der Waals surface area contributed by atoms with Crippen molar-refractivity contribution in [2.75, 3.05) is 0 Å². The van der Waals surface area contributed by atoms with Crippen molar-refractivity contribution < 1.29 is 0 Å². The highest BCUT2D eigenvalue weighted by atomic mass is 32.3. The minimum atomic E-state index is -0.627. The van der Waals surface area contributed by atoms with E-state index in [4.69, 9.17) is 0 Å². The normalized spacial score (nSPS) is 12.7. The van der Waals surface area contributed by atoms with E-state index in [1.54, 1.807) is 12.2 Å². The van der Waals surface area contributed by atoms with Gasteiger partial charge in [0.1, 0.15) is 6.82 Å². The van der Waals surface area contributed by atoms with Gasteiger partial charge in [-0.3, -0.25) is 0 Å². The van der Waals surface area contributed by atoms with E-state index in [1.165, 1.54) is 11.8 Å². The zero-order chi connectivity index (χ0) is 9.12. The van der Waals surface area contributed by atoms with Crippen LogP contribution in [0.4, 0.5) is 0 Å². The van der Waals surface area contributed by atoms with E-state index in [0.717, 1.165) is 0 Å². The quantitative estimate of drug-likeness (QED) is 0.334. The molecular weight excluding hydrogens is 232 g/mol. The van der Waals surface area contributed by atoms with Crippen LogP contribution in [0, 0.1) is 0 Å². The number of hydrogen-bond acceptors (Lipinski definition) is 5. The van der Waals surface area contributed by atoms with E-state index in [1.807, 2.05) is 0 Å². The summed E-state index contributed by atoms with van der Waals surface area (Å²) in [5.41, 5.74) is 0. The summed E-state index contributed by atoms with van der Waals surface area (Å²) in [4.78, 5) is 0. The lowest BCUT2D eigenvalue weighted by atomic mass is 10.7. The van der Waals surface area contributed by atoms with Crippen molar-refractivity contribution in [1.82, 2.24) is 0 Å². The van der Waals surface area contributed by atoms with Crippen molar-refractivity contribution in [3.8, 4) is 0 Å². The molecule has 0 bridgehead atoms. The first-order valence-corrected chi connectivity index (χ1v) is 5.30. The summed E-state index contributed by atoms with van der Waals surface area (Å²) >= 11 is 18.1. The van der Waals surface area contributed by atoms with Crippen molar-refractivity contribution in [3.05, 3.63) is 25.3 Å². The zero-order valence-electron chi connectivity index (χ0n) is 5.77. The van der Waals surface area contributed by atoms with Gasteiger partial charge in [0.15, 0.2) is 0 Å². The van der Waals surface area contributed by atoms with Gasteiger partial charge in [-0.25, -0.2) is 0 Å². The van der Waals surface area contributed by atoms with Crippen molar-refractivity contribution in [2.24, 2.45) is 0 Å². The molecule has 0 aromatic carbocycles. The van der Waals surface area contributed by atoms with Crippen LogP contribution in [0.25, 0.3) is 0 Å². The molecule has 0 saturated carbocycles. The second-order valence-corrected chi connectivity index (χ2v) is 8.06. The molecule has 5 heteroatoms. The Morgan fingerprint density at radius 2 is 1.18 bits per heavy atom. The standard InChI is InChI=1S/C6H10S5/c1-3-5(7,8)11-6(9,10)4-2/h3-4,7-10H,1-2H2. The van der Waals surface area contributed by atoms with Crippen LogP contribution < -0.4 is 0 Å². The molecule has 0 aliphatic rings. The van der Waals surface area contributed by atoms with Gasteiger partial charge in [0.2, 0.25) is 0 Å². The maximum Gasteiger partial charge on any atom is 0.122 e. The third kappa shape index (κ3) is 5.47. The maximum absolute atomic E-state index is 4.20. The average Bonchev–Trinajstić information content (AvgIpc) is 1.86. The molecule has 0 fully saturated rings. The largest absolute Gasteiger partial charge is 0.147 e. The Bertz CT molecular complexity index is 142. The van der Waals surface area contributed by atoms with Crippen molar-refractivity contribution >= 4 is 62.3 Å². The topological polar surface area (TPSA) is 0 Å². The highest BCUT2D eigenvalue weighted by Crippen LogP contribution is 2.47. The second-order valence-electron chi connectivity index (χ2n) is 1.83. The van der Waals surface area contributed by atoms with Crippen molar-refractivity contribution in [1.29, 1.82) is 0 Å². The van der Waals surface area contributed by atoms with Gasteiger partial charge in [-0.05, 0) is 0 Å². The summed E-state index contributed by atoms with van der Waals surface area (Å²) in [7, 11) is 0. The first kappa shape index (κ1) is 12.2. The molecule has 0 unspecified atom stereocenters. The molecule has 0 aromatic heterocycles. The predicted molar refractivity (Wildman–Crippen MR) is 69.4 cm³/mol. The molecule has 0 aliphatic carbocycles. The van der Waals surface area contributed by atoms with Crippen LogP contribution in [0.2, 0.25) is 0 Å². The Morgan fingerprint density at radius 3 is 1.36 bits per heavy atom. The monoisotopic (exact) mass is 242 g/mol. The van der Waals surface area contributed by atoms with Crippen LogP contribution in [-0.2, 0) is 0 Å². The van der Waals surface area contributed by atoms with Crippen molar-refractivity contribution in [2.45, 2.75) is 6.82 Å². The molecule has 11 heavy (non-hydrogen) atoms. The minimum Gasteiger partial charge on any atom is -0.147 e. The van der Waals surface area contributed by atoms with E-state index < -0.39 is 6.82 Å². The Morgan fingerprint density at radius 1 is 0.909 bits per heavy atom. The van der Waals surface area contributed by atoms with Crippen LogP contribution in [0.3, 0.4) is 0 Å².